The second kappa shape index (κ2) is 9.17. The maximum Gasteiger partial charge on any atom is 0.285 e. The molecule has 170 valence electrons. The summed E-state index contributed by atoms with van der Waals surface area (Å²) in [6.07, 6.45) is 1.24. The summed E-state index contributed by atoms with van der Waals surface area (Å²) in [5, 5.41) is 6.17. The summed E-state index contributed by atoms with van der Waals surface area (Å²) < 4.78 is 0. The normalized spacial score (nSPS) is 12.9. The second-order valence-electron chi connectivity index (χ2n) is 7.90. The standard InChI is InChI=1S/C26H21N3O4S/c1-16-22(14-7-15-33-29-24(31)20-11-4-5-12-21(20)25(29)32)34-26(27-16)28-23(30)19-13-6-9-17-8-2-3-10-18(17)19/h2-6,8-13H,7,14-15H2,1H3,(H,27,28,30). The van der Waals surface area contributed by atoms with Gasteiger partial charge in [-0.05, 0) is 48.7 Å². The first-order valence-electron chi connectivity index (χ1n) is 10.9. The number of carbonyl (C=O) groups is 3. The van der Waals surface area contributed by atoms with Gasteiger partial charge in [-0.3, -0.25) is 24.5 Å². The molecule has 3 amide bonds. The molecule has 34 heavy (non-hydrogen) atoms. The summed E-state index contributed by atoms with van der Waals surface area (Å²) in [5.41, 5.74) is 2.15. The van der Waals surface area contributed by atoms with E-state index in [2.05, 4.69) is 10.3 Å². The van der Waals surface area contributed by atoms with Crippen LogP contribution < -0.4 is 5.32 Å². The molecule has 0 unspecified atom stereocenters. The van der Waals surface area contributed by atoms with Gasteiger partial charge in [0.1, 0.15) is 0 Å². The summed E-state index contributed by atoms with van der Waals surface area (Å²) in [6, 6.07) is 20.1. The number of fused-ring (bicyclic) bond motifs is 2. The zero-order chi connectivity index (χ0) is 23.7. The van der Waals surface area contributed by atoms with E-state index in [0.29, 0.717) is 34.7 Å². The van der Waals surface area contributed by atoms with E-state index in [4.69, 9.17) is 4.84 Å². The smallest absolute Gasteiger partial charge is 0.285 e. The SMILES string of the molecule is Cc1nc(NC(=O)c2cccc3ccccc23)sc1CCCON1C(=O)c2ccccc2C1=O. The van der Waals surface area contributed by atoms with Crippen molar-refractivity contribution in [3.05, 3.63) is 94.0 Å². The first-order valence-corrected chi connectivity index (χ1v) is 11.7. The molecule has 0 saturated heterocycles. The van der Waals surface area contributed by atoms with Crippen LogP contribution in [-0.4, -0.2) is 34.4 Å². The van der Waals surface area contributed by atoms with E-state index in [1.165, 1.54) is 11.3 Å². The summed E-state index contributed by atoms with van der Waals surface area (Å²) in [4.78, 5) is 48.6. The van der Waals surface area contributed by atoms with E-state index in [0.717, 1.165) is 26.4 Å². The molecular weight excluding hydrogens is 450 g/mol. The Morgan fingerprint density at radius 3 is 2.41 bits per heavy atom. The molecule has 2 heterocycles. The minimum Gasteiger partial charge on any atom is -0.298 e. The molecule has 1 aliphatic rings. The van der Waals surface area contributed by atoms with Crippen molar-refractivity contribution in [2.24, 2.45) is 0 Å². The van der Waals surface area contributed by atoms with Gasteiger partial charge in [-0.2, -0.15) is 0 Å². The highest BCUT2D eigenvalue weighted by atomic mass is 32.1. The van der Waals surface area contributed by atoms with E-state index < -0.39 is 11.8 Å². The Bertz CT molecular complexity index is 1390. The van der Waals surface area contributed by atoms with E-state index >= 15 is 0 Å². The largest absolute Gasteiger partial charge is 0.298 e. The van der Waals surface area contributed by atoms with Gasteiger partial charge in [0.15, 0.2) is 5.13 Å². The van der Waals surface area contributed by atoms with Gasteiger partial charge in [0.05, 0.1) is 23.4 Å². The number of carbonyl (C=O) groups excluding carboxylic acids is 3. The number of benzene rings is 3. The Balaban J connectivity index is 1.18. The lowest BCUT2D eigenvalue weighted by molar-refractivity contribution is -0.0918. The molecule has 0 atom stereocenters. The number of nitrogens with one attached hydrogen (secondary N) is 1. The Hall–Kier alpha value is -3.88. The van der Waals surface area contributed by atoms with Crippen molar-refractivity contribution >= 4 is 45.0 Å². The highest BCUT2D eigenvalue weighted by Crippen LogP contribution is 2.27. The number of hydrogen-bond donors (Lipinski definition) is 1. The predicted octanol–water partition coefficient (Wildman–Crippen LogP) is 5.02. The molecule has 0 spiro atoms. The van der Waals surface area contributed by atoms with Crippen LogP contribution in [0.5, 0.6) is 0 Å². The second-order valence-corrected chi connectivity index (χ2v) is 8.98. The molecule has 3 aromatic carbocycles. The number of thiazole rings is 1. The number of aryl methyl sites for hydroxylation is 2. The zero-order valence-corrected chi connectivity index (χ0v) is 19.2. The average molecular weight is 472 g/mol. The molecule has 0 aliphatic carbocycles. The van der Waals surface area contributed by atoms with Crippen LogP contribution in [0.1, 0.15) is 48.1 Å². The third kappa shape index (κ3) is 4.09. The molecule has 1 aromatic heterocycles. The minimum atomic E-state index is -0.437. The predicted molar refractivity (Wildman–Crippen MR) is 130 cm³/mol. The lowest BCUT2D eigenvalue weighted by Crippen LogP contribution is -2.30. The average Bonchev–Trinajstić information content (AvgIpc) is 3.32. The number of imide groups is 1. The van der Waals surface area contributed by atoms with Crippen LogP contribution in [0, 0.1) is 6.92 Å². The number of hydrogen-bond acceptors (Lipinski definition) is 6. The molecule has 1 aliphatic heterocycles. The zero-order valence-electron chi connectivity index (χ0n) is 18.4. The highest BCUT2D eigenvalue weighted by molar-refractivity contribution is 7.15. The summed E-state index contributed by atoms with van der Waals surface area (Å²) in [7, 11) is 0. The number of anilines is 1. The van der Waals surface area contributed by atoms with E-state index in [9.17, 15) is 14.4 Å². The van der Waals surface area contributed by atoms with Gasteiger partial charge < -0.3 is 0 Å². The van der Waals surface area contributed by atoms with Crippen LogP contribution in [0.3, 0.4) is 0 Å². The van der Waals surface area contributed by atoms with Gasteiger partial charge >= 0.3 is 0 Å². The monoisotopic (exact) mass is 471 g/mol. The molecule has 0 saturated carbocycles. The molecule has 1 N–H and O–H groups in total. The van der Waals surface area contributed by atoms with Gasteiger partial charge in [0.2, 0.25) is 0 Å². The highest BCUT2D eigenvalue weighted by Gasteiger charge is 2.36. The maximum atomic E-state index is 12.9. The van der Waals surface area contributed by atoms with Crippen LogP contribution >= 0.6 is 11.3 Å². The molecule has 5 rings (SSSR count). The molecule has 4 aromatic rings. The van der Waals surface area contributed by atoms with Crippen molar-refractivity contribution in [2.45, 2.75) is 19.8 Å². The first-order chi connectivity index (χ1) is 16.5. The molecule has 0 fully saturated rings. The Morgan fingerprint density at radius 2 is 1.65 bits per heavy atom. The van der Waals surface area contributed by atoms with E-state index in [1.54, 1.807) is 30.3 Å². The van der Waals surface area contributed by atoms with Gasteiger partial charge in [-0.15, -0.1) is 16.4 Å². The molecule has 0 bridgehead atoms. The third-order valence-corrected chi connectivity index (χ3v) is 6.81. The summed E-state index contributed by atoms with van der Waals surface area (Å²) in [6.45, 7) is 2.10. The molecule has 7 nitrogen and oxygen atoms in total. The number of hydroxylamine groups is 2. The number of rotatable bonds is 7. The number of nitrogens with zero attached hydrogens (tertiary/aromatic N) is 2. The van der Waals surface area contributed by atoms with Crippen LogP contribution in [-0.2, 0) is 11.3 Å². The fourth-order valence-corrected chi connectivity index (χ4v) is 4.97. The Labute approximate surface area is 199 Å². The van der Waals surface area contributed by atoms with Crippen LogP contribution in [0.4, 0.5) is 5.13 Å². The van der Waals surface area contributed by atoms with Crippen LogP contribution in [0.25, 0.3) is 10.8 Å². The fourth-order valence-electron chi connectivity index (χ4n) is 3.97. The Morgan fingerprint density at radius 1 is 0.971 bits per heavy atom. The topological polar surface area (TPSA) is 88.6 Å². The minimum absolute atomic E-state index is 0.203. The molecule has 0 radical (unpaired) electrons. The first kappa shape index (κ1) is 21.9. The van der Waals surface area contributed by atoms with Gasteiger partial charge in [0.25, 0.3) is 17.7 Å². The third-order valence-electron chi connectivity index (χ3n) is 5.67. The van der Waals surface area contributed by atoms with Gasteiger partial charge in [0, 0.05) is 10.4 Å². The van der Waals surface area contributed by atoms with Gasteiger partial charge in [-0.1, -0.05) is 48.5 Å². The van der Waals surface area contributed by atoms with Crippen molar-refractivity contribution in [1.29, 1.82) is 0 Å². The van der Waals surface area contributed by atoms with Gasteiger partial charge in [-0.25, -0.2) is 4.98 Å². The van der Waals surface area contributed by atoms with Crippen molar-refractivity contribution in [3.63, 3.8) is 0 Å². The van der Waals surface area contributed by atoms with E-state index in [-0.39, 0.29) is 12.5 Å². The number of amides is 3. The van der Waals surface area contributed by atoms with E-state index in [1.807, 2.05) is 43.3 Å². The Kier molecular flexibility index (Phi) is 5.91. The lowest BCUT2D eigenvalue weighted by Gasteiger charge is -2.12. The summed E-state index contributed by atoms with van der Waals surface area (Å²) in [5.74, 6) is -1.08. The lowest BCUT2D eigenvalue weighted by atomic mass is 10.0. The quantitative estimate of drug-likeness (QED) is 0.302. The van der Waals surface area contributed by atoms with Crippen molar-refractivity contribution in [1.82, 2.24) is 10.0 Å². The maximum absolute atomic E-state index is 12.9. The van der Waals surface area contributed by atoms with Crippen LogP contribution in [0.2, 0.25) is 0 Å². The van der Waals surface area contributed by atoms with Crippen molar-refractivity contribution < 1.29 is 19.2 Å². The molecular formula is C26H21N3O4S. The van der Waals surface area contributed by atoms with Crippen LogP contribution in [0.15, 0.2) is 66.7 Å². The summed E-state index contributed by atoms with van der Waals surface area (Å²) >= 11 is 1.42. The van der Waals surface area contributed by atoms with Crippen molar-refractivity contribution in [2.75, 3.05) is 11.9 Å². The fraction of sp³-hybridized carbons (Fsp3) is 0.154. The number of aromatic nitrogens is 1. The van der Waals surface area contributed by atoms with Crippen molar-refractivity contribution in [3.8, 4) is 0 Å². The molecule has 8 heteroatoms.